The second-order valence-electron chi connectivity index (χ2n) is 4.49. The molecule has 1 N–H and O–H groups in total. The molecule has 20 heavy (non-hydrogen) atoms. The third-order valence-electron chi connectivity index (χ3n) is 3.05. The molecule has 0 unspecified atom stereocenters. The van der Waals surface area contributed by atoms with Crippen LogP contribution in [0.3, 0.4) is 0 Å². The van der Waals surface area contributed by atoms with Gasteiger partial charge in [-0.05, 0) is 24.1 Å². The Morgan fingerprint density at radius 3 is 2.70 bits per heavy atom. The predicted octanol–water partition coefficient (Wildman–Crippen LogP) is 2.30. The molecule has 0 radical (unpaired) electrons. The summed E-state index contributed by atoms with van der Waals surface area (Å²) in [6.07, 6.45) is 2.96. The average molecular weight is 266 g/mol. The van der Waals surface area contributed by atoms with Crippen LogP contribution in [0.5, 0.6) is 0 Å². The monoisotopic (exact) mass is 266 g/mol. The summed E-state index contributed by atoms with van der Waals surface area (Å²) in [5, 5.41) is 10.7. The fourth-order valence-corrected chi connectivity index (χ4v) is 2.02. The van der Waals surface area contributed by atoms with Gasteiger partial charge in [0.15, 0.2) is 5.65 Å². The molecule has 0 atom stereocenters. The lowest BCUT2D eigenvalue weighted by Crippen LogP contribution is -2.14. The van der Waals surface area contributed by atoms with Gasteiger partial charge in [0.2, 0.25) is 11.9 Å². The molecule has 0 saturated carbocycles. The van der Waals surface area contributed by atoms with Gasteiger partial charge >= 0.3 is 0 Å². The van der Waals surface area contributed by atoms with E-state index < -0.39 is 0 Å². The Morgan fingerprint density at radius 1 is 1.05 bits per heavy atom. The summed E-state index contributed by atoms with van der Waals surface area (Å²) in [6.45, 7) is 0. The molecule has 1 amide bonds. The smallest absolute Gasteiger partial charge is 0.235 e. The molecule has 2 heterocycles. The first kappa shape index (κ1) is 12.3. The van der Waals surface area contributed by atoms with Crippen LogP contribution in [-0.4, -0.2) is 20.5 Å². The Bertz CT molecular complexity index is 721. The van der Waals surface area contributed by atoms with Crippen molar-refractivity contribution in [3.8, 4) is 0 Å². The second-order valence-corrected chi connectivity index (χ2v) is 4.49. The van der Waals surface area contributed by atoms with Gasteiger partial charge in [0, 0.05) is 12.6 Å². The number of pyridine rings is 1. The second kappa shape index (κ2) is 5.52. The van der Waals surface area contributed by atoms with E-state index in [1.807, 2.05) is 54.7 Å². The lowest BCUT2D eigenvalue weighted by molar-refractivity contribution is -0.116. The SMILES string of the molecule is O=C(CCc1ccccc1)Nc1nnc2ccccn12. The van der Waals surface area contributed by atoms with Gasteiger partial charge in [-0.1, -0.05) is 36.4 Å². The van der Waals surface area contributed by atoms with Crippen LogP contribution in [-0.2, 0) is 11.2 Å². The highest BCUT2D eigenvalue weighted by Crippen LogP contribution is 2.09. The van der Waals surface area contributed by atoms with Gasteiger partial charge in [0.25, 0.3) is 0 Å². The average Bonchev–Trinajstić information content (AvgIpc) is 2.90. The van der Waals surface area contributed by atoms with Crippen molar-refractivity contribution in [1.82, 2.24) is 14.6 Å². The Morgan fingerprint density at radius 2 is 1.85 bits per heavy atom. The molecule has 0 aliphatic heterocycles. The van der Waals surface area contributed by atoms with E-state index >= 15 is 0 Å². The third kappa shape index (κ3) is 2.66. The van der Waals surface area contributed by atoms with E-state index in [-0.39, 0.29) is 5.91 Å². The fourth-order valence-electron chi connectivity index (χ4n) is 2.02. The first-order chi connectivity index (χ1) is 9.83. The van der Waals surface area contributed by atoms with Crippen molar-refractivity contribution in [2.75, 3.05) is 5.32 Å². The standard InChI is InChI=1S/C15H14N4O/c20-14(10-9-12-6-2-1-3-7-12)16-15-18-17-13-8-4-5-11-19(13)15/h1-8,11H,9-10H2,(H,16,18,20). The number of anilines is 1. The number of fused-ring (bicyclic) bond motifs is 1. The summed E-state index contributed by atoms with van der Waals surface area (Å²) in [5.41, 5.74) is 1.86. The molecule has 0 fully saturated rings. The van der Waals surface area contributed by atoms with Crippen molar-refractivity contribution in [2.45, 2.75) is 12.8 Å². The van der Waals surface area contributed by atoms with Gasteiger partial charge < -0.3 is 0 Å². The minimum Gasteiger partial charge on any atom is -0.294 e. The largest absolute Gasteiger partial charge is 0.294 e. The van der Waals surface area contributed by atoms with Crippen molar-refractivity contribution >= 4 is 17.5 Å². The highest BCUT2D eigenvalue weighted by atomic mass is 16.1. The number of hydrogen-bond donors (Lipinski definition) is 1. The molecule has 0 aliphatic carbocycles. The predicted molar refractivity (Wildman–Crippen MR) is 76.4 cm³/mol. The van der Waals surface area contributed by atoms with Crippen LogP contribution < -0.4 is 5.32 Å². The first-order valence-corrected chi connectivity index (χ1v) is 6.46. The van der Waals surface area contributed by atoms with Crippen LogP contribution in [0.25, 0.3) is 5.65 Å². The minimum absolute atomic E-state index is 0.0630. The zero-order valence-corrected chi connectivity index (χ0v) is 10.9. The maximum atomic E-state index is 11.9. The maximum absolute atomic E-state index is 11.9. The molecule has 5 heteroatoms. The molecule has 3 rings (SSSR count). The molecule has 0 saturated heterocycles. The third-order valence-corrected chi connectivity index (χ3v) is 3.05. The number of nitrogens with zero attached hydrogens (tertiary/aromatic N) is 3. The number of hydrogen-bond acceptors (Lipinski definition) is 3. The van der Waals surface area contributed by atoms with Crippen LogP contribution in [0.2, 0.25) is 0 Å². The number of rotatable bonds is 4. The summed E-state index contributed by atoms with van der Waals surface area (Å²) in [4.78, 5) is 11.9. The van der Waals surface area contributed by atoms with Crippen LogP contribution in [0.1, 0.15) is 12.0 Å². The molecule has 0 aliphatic rings. The molecule has 100 valence electrons. The van der Waals surface area contributed by atoms with Gasteiger partial charge in [-0.15, -0.1) is 10.2 Å². The Hall–Kier alpha value is -2.69. The van der Waals surface area contributed by atoms with E-state index in [2.05, 4.69) is 15.5 Å². The van der Waals surface area contributed by atoms with Gasteiger partial charge in [-0.25, -0.2) is 0 Å². The van der Waals surface area contributed by atoms with Crippen LogP contribution >= 0.6 is 0 Å². The van der Waals surface area contributed by atoms with Gasteiger partial charge in [0.1, 0.15) is 0 Å². The Balaban J connectivity index is 1.64. The molecular weight excluding hydrogens is 252 g/mol. The van der Waals surface area contributed by atoms with Gasteiger partial charge in [-0.3, -0.25) is 14.5 Å². The van der Waals surface area contributed by atoms with Crippen LogP contribution in [0.4, 0.5) is 5.95 Å². The molecule has 5 nitrogen and oxygen atoms in total. The number of nitrogens with one attached hydrogen (secondary N) is 1. The van der Waals surface area contributed by atoms with Crippen molar-refractivity contribution in [3.05, 3.63) is 60.3 Å². The molecule has 0 spiro atoms. The van der Waals surface area contributed by atoms with Crippen LogP contribution in [0, 0.1) is 0 Å². The molecule has 3 aromatic rings. The van der Waals surface area contributed by atoms with Crippen molar-refractivity contribution in [3.63, 3.8) is 0 Å². The van der Waals surface area contributed by atoms with Crippen LogP contribution in [0.15, 0.2) is 54.7 Å². The number of carbonyl (C=O) groups excluding carboxylic acids is 1. The summed E-state index contributed by atoms with van der Waals surface area (Å²) < 4.78 is 1.75. The van der Waals surface area contributed by atoms with Crippen molar-refractivity contribution < 1.29 is 4.79 Å². The number of carbonyl (C=O) groups is 1. The first-order valence-electron chi connectivity index (χ1n) is 6.46. The zero-order chi connectivity index (χ0) is 13.8. The van der Waals surface area contributed by atoms with E-state index in [9.17, 15) is 4.79 Å². The van der Waals surface area contributed by atoms with E-state index in [0.29, 0.717) is 24.4 Å². The number of amides is 1. The summed E-state index contributed by atoms with van der Waals surface area (Å²) in [6, 6.07) is 15.5. The lowest BCUT2D eigenvalue weighted by atomic mass is 10.1. The number of aryl methyl sites for hydroxylation is 1. The Labute approximate surface area is 116 Å². The van der Waals surface area contributed by atoms with E-state index in [4.69, 9.17) is 0 Å². The quantitative estimate of drug-likeness (QED) is 0.788. The normalized spacial score (nSPS) is 10.6. The van der Waals surface area contributed by atoms with E-state index in [0.717, 1.165) is 5.56 Å². The van der Waals surface area contributed by atoms with Gasteiger partial charge in [-0.2, -0.15) is 0 Å². The highest BCUT2D eigenvalue weighted by molar-refractivity contribution is 5.89. The summed E-state index contributed by atoms with van der Waals surface area (Å²) in [5.74, 6) is 0.394. The zero-order valence-electron chi connectivity index (χ0n) is 10.9. The lowest BCUT2D eigenvalue weighted by Gasteiger charge is -2.03. The highest BCUT2D eigenvalue weighted by Gasteiger charge is 2.08. The molecule has 0 bridgehead atoms. The van der Waals surface area contributed by atoms with Crippen molar-refractivity contribution in [2.24, 2.45) is 0 Å². The Kier molecular flexibility index (Phi) is 3.41. The van der Waals surface area contributed by atoms with Gasteiger partial charge in [0.05, 0.1) is 0 Å². The maximum Gasteiger partial charge on any atom is 0.235 e. The number of benzene rings is 1. The van der Waals surface area contributed by atoms with E-state index in [1.54, 1.807) is 4.40 Å². The van der Waals surface area contributed by atoms with E-state index in [1.165, 1.54) is 0 Å². The topological polar surface area (TPSA) is 59.3 Å². The summed E-state index contributed by atoms with van der Waals surface area (Å²) >= 11 is 0. The molecular formula is C15H14N4O. The minimum atomic E-state index is -0.0630. The van der Waals surface area contributed by atoms with Crippen molar-refractivity contribution in [1.29, 1.82) is 0 Å². The summed E-state index contributed by atoms with van der Waals surface area (Å²) in [7, 11) is 0. The molecule has 2 aromatic heterocycles. The fraction of sp³-hybridized carbons (Fsp3) is 0.133. The number of aromatic nitrogens is 3. The molecule has 1 aromatic carbocycles.